The molecule has 21 heavy (non-hydrogen) atoms. The first kappa shape index (κ1) is 14.8. The topological polar surface area (TPSA) is 44.8 Å². The van der Waals surface area contributed by atoms with E-state index in [0.717, 1.165) is 32.1 Å². The van der Waals surface area contributed by atoms with Crippen LogP contribution in [0.5, 0.6) is 0 Å². The minimum atomic E-state index is -0.588. The van der Waals surface area contributed by atoms with Gasteiger partial charge in [-0.1, -0.05) is 24.3 Å². The van der Waals surface area contributed by atoms with Gasteiger partial charge in [0.25, 0.3) is 0 Å². The van der Waals surface area contributed by atoms with E-state index in [4.69, 9.17) is 14.2 Å². The average Bonchev–Trinajstić information content (AvgIpc) is 2.92. The molecule has 0 aromatic rings. The van der Waals surface area contributed by atoms with Crippen LogP contribution < -0.4 is 0 Å². The number of carbonyl (C=O) groups is 1. The van der Waals surface area contributed by atoms with Crippen molar-refractivity contribution in [1.82, 2.24) is 0 Å². The van der Waals surface area contributed by atoms with E-state index in [-0.39, 0.29) is 11.4 Å². The Bertz CT molecular complexity index is 453. The van der Waals surface area contributed by atoms with Crippen LogP contribution in [0.1, 0.15) is 39.0 Å². The lowest BCUT2D eigenvalue weighted by Crippen LogP contribution is -2.53. The van der Waals surface area contributed by atoms with E-state index < -0.39 is 11.2 Å². The van der Waals surface area contributed by atoms with Crippen LogP contribution in [-0.4, -0.2) is 32.1 Å². The molecule has 1 aliphatic heterocycles. The monoisotopic (exact) mass is 292 g/mol. The number of rotatable bonds is 3. The summed E-state index contributed by atoms with van der Waals surface area (Å²) in [5.74, 6) is -0.687. The van der Waals surface area contributed by atoms with Gasteiger partial charge in [-0.15, -0.1) is 0 Å². The van der Waals surface area contributed by atoms with E-state index in [0.29, 0.717) is 13.2 Å². The van der Waals surface area contributed by atoms with E-state index in [1.54, 1.807) is 0 Å². The summed E-state index contributed by atoms with van der Waals surface area (Å²) < 4.78 is 16.8. The molecule has 4 heteroatoms. The molecular formula is C17H24O4. The van der Waals surface area contributed by atoms with Crippen molar-refractivity contribution in [3.63, 3.8) is 0 Å². The Balaban J connectivity index is 1.99. The predicted molar refractivity (Wildman–Crippen MR) is 78.6 cm³/mol. The predicted octanol–water partition coefficient (Wildman–Crippen LogP) is 2.99. The molecule has 116 valence electrons. The van der Waals surface area contributed by atoms with Crippen LogP contribution in [0.15, 0.2) is 24.3 Å². The lowest BCUT2D eigenvalue weighted by molar-refractivity contribution is -0.196. The van der Waals surface area contributed by atoms with E-state index in [1.165, 1.54) is 7.11 Å². The Morgan fingerprint density at radius 2 is 1.57 bits per heavy atom. The standard InChI is InChI=1S/C17H24O4/c1-15(20-11-12-21-15)13-16-7-3-5-9-17(16,14(18)19-2)10-6-4-8-16/h3-6H,7-13H2,1-2H3. The number of hydrogen-bond donors (Lipinski definition) is 0. The van der Waals surface area contributed by atoms with Crippen LogP contribution in [0.25, 0.3) is 0 Å². The summed E-state index contributed by atoms with van der Waals surface area (Å²) >= 11 is 0. The molecule has 0 aromatic heterocycles. The Morgan fingerprint density at radius 3 is 2.10 bits per heavy atom. The largest absolute Gasteiger partial charge is 0.469 e. The van der Waals surface area contributed by atoms with Crippen molar-refractivity contribution in [1.29, 1.82) is 0 Å². The van der Waals surface area contributed by atoms with E-state index >= 15 is 0 Å². The molecule has 0 saturated carbocycles. The molecule has 2 aliphatic carbocycles. The van der Waals surface area contributed by atoms with Crippen LogP contribution in [0, 0.1) is 10.8 Å². The van der Waals surface area contributed by atoms with Crippen molar-refractivity contribution in [3.05, 3.63) is 24.3 Å². The minimum absolute atomic E-state index is 0.0993. The number of ether oxygens (including phenoxy) is 3. The van der Waals surface area contributed by atoms with Gasteiger partial charge in [-0.25, -0.2) is 0 Å². The Kier molecular flexibility index (Phi) is 3.70. The van der Waals surface area contributed by atoms with Gasteiger partial charge >= 0.3 is 5.97 Å². The van der Waals surface area contributed by atoms with Gasteiger partial charge in [-0.05, 0) is 38.0 Å². The maximum atomic E-state index is 12.6. The fourth-order valence-corrected chi connectivity index (χ4v) is 4.34. The maximum Gasteiger partial charge on any atom is 0.313 e. The van der Waals surface area contributed by atoms with Crippen LogP contribution in [0.4, 0.5) is 0 Å². The van der Waals surface area contributed by atoms with Crippen molar-refractivity contribution in [2.75, 3.05) is 20.3 Å². The number of hydrogen-bond acceptors (Lipinski definition) is 4. The van der Waals surface area contributed by atoms with E-state index in [1.807, 2.05) is 6.92 Å². The van der Waals surface area contributed by atoms with Gasteiger partial charge in [0.15, 0.2) is 5.79 Å². The second-order valence-electron chi connectivity index (χ2n) is 6.62. The molecular weight excluding hydrogens is 268 g/mol. The lowest BCUT2D eigenvalue weighted by Gasteiger charge is -2.53. The van der Waals surface area contributed by atoms with Gasteiger partial charge in [-0.3, -0.25) is 4.79 Å². The number of fused-ring (bicyclic) bond motifs is 1. The molecule has 0 bridgehead atoms. The van der Waals surface area contributed by atoms with E-state index in [9.17, 15) is 4.79 Å². The molecule has 1 fully saturated rings. The minimum Gasteiger partial charge on any atom is -0.469 e. The summed E-state index contributed by atoms with van der Waals surface area (Å²) in [5.41, 5.74) is -0.660. The van der Waals surface area contributed by atoms with Crippen molar-refractivity contribution in [2.24, 2.45) is 10.8 Å². The van der Waals surface area contributed by atoms with Gasteiger partial charge in [0.2, 0.25) is 0 Å². The second kappa shape index (κ2) is 5.25. The summed E-state index contributed by atoms with van der Waals surface area (Å²) in [5, 5.41) is 0. The molecule has 0 radical (unpaired) electrons. The third kappa shape index (κ3) is 2.25. The quantitative estimate of drug-likeness (QED) is 0.592. The fourth-order valence-electron chi connectivity index (χ4n) is 4.34. The number of methoxy groups -OCH3 is 1. The van der Waals surface area contributed by atoms with Crippen LogP contribution in [0.3, 0.4) is 0 Å². The molecule has 4 nitrogen and oxygen atoms in total. The van der Waals surface area contributed by atoms with Crippen molar-refractivity contribution < 1.29 is 19.0 Å². The third-order valence-corrected chi connectivity index (χ3v) is 5.43. The summed E-state index contributed by atoms with van der Waals surface area (Å²) in [4.78, 5) is 12.6. The third-order valence-electron chi connectivity index (χ3n) is 5.43. The Morgan fingerprint density at radius 1 is 1.05 bits per heavy atom. The van der Waals surface area contributed by atoms with Crippen molar-refractivity contribution >= 4 is 5.97 Å². The molecule has 3 aliphatic rings. The molecule has 0 spiro atoms. The SMILES string of the molecule is COC(=O)C12CC=CCC1(CC1(C)OCCO1)CC=CC2. The molecule has 1 saturated heterocycles. The van der Waals surface area contributed by atoms with Gasteiger partial charge < -0.3 is 14.2 Å². The van der Waals surface area contributed by atoms with Crippen molar-refractivity contribution in [2.45, 2.75) is 44.8 Å². The highest BCUT2D eigenvalue weighted by Crippen LogP contribution is 2.60. The molecule has 0 aromatic carbocycles. The molecule has 0 atom stereocenters. The van der Waals surface area contributed by atoms with Gasteiger partial charge in [0, 0.05) is 6.42 Å². The van der Waals surface area contributed by atoms with E-state index in [2.05, 4.69) is 24.3 Å². The normalized spacial score (nSPS) is 37.2. The van der Waals surface area contributed by atoms with Crippen LogP contribution in [-0.2, 0) is 19.0 Å². The zero-order valence-electron chi connectivity index (χ0n) is 12.9. The molecule has 0 amide bonds. The molecule has 0 unspecified atom stereocenters. The second-order valence-corrected chi connectivity index (χ2v) is 6.62. The first-order valence-corrected chi connectivity index (χ1v) is 7.72. The molecule has 3 rings (SSSR count). The van der Waals surface area contributed by atoms with Gasteiger partial charge in [-0.2, -0.15) is 0 Å². The highest BCUT2D eigenvalue weighted by molar-refractivity contribution is 5.79. The molecule has 1 heterocycles. The smallest absolute Gasteiger partial charge is 0.313 e. The number of esters is 1. The summed E-state index contributed by atoms with van der Waals surface area (Å²) in [6, 6.07) is 0. The zero-order chi connectivity index (χ0) is 15.0. The average molecular weight is 292 g/mol. The fraction of sp³-hybridized carbons (Fsp3) is 0.706. The van der Waals surface area contributed by atoms with Gasteiger partial charge in [0.05, 0.1) is 25.7 Å². The van der Waals surface area contributed by atoms with Crippen molar-refractivity contribution in [3.8, 4) is 0 Å². The first-order chi connectivity index (χ1) is 10.1. The van der Waals surface area contributed by atoms with Crippen LogP contribution in [0.2, 0.25) is 0 Å². The van der Waals surface area contributed by atoms with Crippen LogP contribution >= 0.6 is 0 Å². The summed E-state index contributed by atoms with van der Waals surface area (Å²) in [7, 11) is 1.49. The Hall–Kier alpha value is -1.13. The highest BCUT2D eigenvalue weighted by atomic mass is 16.7. The summed E-state index contributed by atoms with van der Waals surface area (Å²) in [6.45, 7) is 3.25. The first-order valence-electron chi connectivity index (χ1n) is 7.72. The summed E-state index contributed by atoms with van der Waals surface area (Å²) in [6.07, 6.45) is 12.6. The molecule has 0 N–H and O–H groups in total. The number of carbonyl (C=O) groups excluding carboxylic acids is 1. The Labute approximate surface area is 126 Å². The number of allylic oxidation sites excluding steroid dienone is 4. The highest BCUT2D eigenvalue weighted by Gasteiger charge is 2.59. The zero-order valence-corrected chi connectivity index (χ0v) is 12.9. The maximum absolute atomic E-state index is 12.6. The lowest BCUT2D eigenvalue weighted by atomic mass is 9.51. The van der Waals surface area contributed by atoms with Gasteiger partial charge in [0.1, 0.15) is 0 Å².